The average molecular weight is 627 g/mol. The van der Waals surface area contributed by atoms with E-state index in [0.717, 1.165) is 37.2 Å². The van der Waals surface area contributed by atoms with Crippen molar-refractivity contribution >= 4 is 45.2 Å². The summed E-state index contributed by atoms with van der Waals surface area (Å²) in [5.74, 6) is 2.88. The van der Waals surface area contributed by atoms with Crippen molar-refractivity contribution < 1.29 is 24.1 Å². The van der Waals surface area contributed by atoms with E-state index in [9.17, 15) is 5.11 Å². The number of nitrogens with one attached hydrogen (secondary N) is 1. The van der Waals surface area contributed by atoms with Gasteiger partial charge in [-0.3, -0.25) is 0 Å². The van der Waals surface area contributed by atoms with Crippen LogP contribution in [-0.2, 0) is 6.42 Å². The van der Waals surface area contributed by atoms with Gasteiger partial charge in [0.15, 0.2) is 11.5 Å². The molecule has 2 rings (SSSR count). The first-order valence-corrected chi connectivity index (χ1v) is 11.8. The third-order valence-electron chi connectivity index (χ3n) is 4.33. The van der Waals surface area contributed by atoms with Gasteiger partial charge >= 0.3 is 0 Å². The monoisotopic (exact) mass is 627 g/mol. The molecule has 0 spiro atoms. The van der Waals surface area contributed by atoms with Crippen molar-refractivity contribution in [3.63, 3.8) is 0 Å². The molecule has 8 heteroatoms. The predicted molar refractivity (Wildman–Crippen MR) is 131 cm³/mol. The van der Waals surface area contributed by atoms with Gasteiger partial charge in [0.05, 0.1) is 24.9 Å². The van der Waals surface area contributed by atoms with Crippen molar-refractivity contribution in [1.29, 1.82) is 0 Å². The molecular formula is C21H27I2NO5. The standard InChI is InChI=1S/C21H27I2NO5/c1-26-17-5-6-18(23)20(10-17)29-13-16(25)12-24-15(11-22)8-14-4-7-19(27-2)21(9-14)28-3/h4-7,9-10,15-16,24-25H,8,11-13H2,1-3H3. The molecule has 0 bridgehead atoms. The molecule has 2 aromatic rings. The Kier molecular flexibility index (Phi) is 10.6. The van der Waals surface area contributed by atoms with Crippen LogP contribution >= 0.6 is 45.2 Å². The van der Waals surface area contributed by atoms with Gasteiger partial charge in [0.25, 0.3) is 0 Å². The maximum Gasteiger partial charge on any atom is 0.160 e. The zero-order chi connectivity index (χ0) is 21.2. The van der Waals surface area contributed by atoms with Gasteiger partial charge in [-0.2, -0.15) is 0 Å². The first-order chi connectivity index (χ1) is 14.0. The summed E-state index contributed by atoms with van der Waals surface area (Å²) >= 11 is 4.55. The summed E-state index contributed by atoms with van der Waals surface area (Å²) in [5.41, 5.74) is 1.15. The lowest BCUT2D eigenvalue weighted by Crippen LogP contribution is -2.40. The van der Waals surface area contributed by atoms with Crippen molar-refractivity contribution in [2.75, 3.05) is 38.9 Å². The van der Waals surface area contributed by atoms with E-state index in [4.69, 9.17) is 18.9 Å². The number of halogens is 2. The summed E-state index contributed by atoms with van der Waals surface area (Å²) in [5, 5.41) is 13.7. The van der Waals surface area contributed by atoms with Crippen LogP contribution in [0.3, 0.4) is 0 Å². The van der Waals surface area contributed by atoms with Gasteiger partial charge in [0.1, 0.15) is 24.2 Å². The molecule has 0 aliphatic rings. The van der Waals surface area contributed by atoms with Gasteiger partial charge in [-0.05, 0) is 58.8 Å². The molecule has 2 aromatic carbocycles. The highest BCUT2D eigenvalue weighted by Gasteiger charge is 2.14. The van der Waals surface area contributed by atoms with Crippen LogP contribution in [0.1, 0.15) is 5.56 Å². The van der Waals surface area contributed by atoms with Gasteiger partial charge in [-0.1, -0.05) is 28.7 Å². The maximum absolute atomic E-state index is 10.3. The van der Waals surface area contributed by atoms with E-state index in [-0.39, 0.29) is 12.6 Å². The Morgan fingerprint density at radius 1 is 0.966 bits per heavy atom. The number of hydrogen-bond donors (Lipinski definition) is 2. The van der Waals surface area contributed by atoms with Crippen LogP contribution in [0, 0.1) is 3.57 Å². The molecule has 0 aromatic heterocycles. The summed E-state index contributed by atoms with van der Waals surface area (Å²) < 4.78 is 23.5. The summed E-state index contributed by atoms with van der Waals surface area (Å²) in [6, 6.07) is 11.8. The molecule has 0 aliphatic heterocycles. The zero-order valence-corrected chi connectivity index (χ0v) is 21.1. The molecule has 6 nitrogen and oxygen atoms in total. The summed E-state index contributed by atoms with van der Waals surface area (Å²) in [6.45, 7) is 0.655. The number of aliphatic hydroxyl groups is 1. The molecule has 2 atom stereocenters. The molecule has 0 heterocycles. The minimum Gasteiger partial charge on any atom is -0.497 e. The largest absolute Gasteiger partial charge is 0.497 e. The SMILES string of the molecule is COc1ccc(I)c(OCC(O)CNC(CI)Cc2ccc(OC)c(OC)c2)c1. The van der Waals surface area contributed by atoms with Crippen molar-refractivity contribution in [2.24, 2.45) is 0 Å². The van der Waals surface area contributed by atoms with Crippen molar-refractivity contribution in [2.45, 2.75) is 18.6 Å². The molecule has 29 heavy (non-hydrogen) atoms. The Morgan fingerprint density at radius 3 is 2.38 bits per heavy atom. The fraction of sp³-hybridized carbons (Fsp3) is 0.429. The molecule has 2 unspecified atom stereocenters. The first kappa shape index (κ1) is 24.3. The Bertz CT molecular complexity index is 775. The minimum absolute atomic E-state index is 0.209. The lowest BCUT2D eigenvalue weighted by molar-refractivity contribution is 0.104. The maximum atomic E-state index is 10.3. The second-order valence-corrected chi connectivity index (χ2v) is 8.46. The Labute approximate surface area is 199 Å². The highest BCUT2D eigenvalue weighted by Crippen LogP contribution is 2.28. The smallest absolute Gasteiger partial charge is 0.160 e. The lowest BCUT2D eigenvalue weighted by atomic mass is 10.1. The lowest BCUT2D eigenvalue weighted by Gasteiger charge is -2.20. The molecular weight excluding hydrogens is 600 g/mol. The minimum atomic E-state index is -0.618. The number of methoxy groups -OCH3 is 3. The average Bonchev–Trinajstić information content (AvgIpc) is 2.75. The topological polar surface area (TPSA) is 69.2 Å². The van der Waals surface area contributed by atoms with Crippen molar-refractivity contribution in [1.82, 2.24) is 5.32 Å². The Balaban J connectivity index is 1.85. The van der Waals surface area contributed by atoms with E-state index in [1.807, 2.05) is 36.4 Å². The third kappa shape index (κ3) is 7.65. The van der Waals surface area contributed by atoms with E-state index in [0.29, 0.717) is 12.3 Å². The summed E-state index contributed by atoms with van der Waals surface area (Å²) in [7, 11) is 4.88. The predicted octanol–water partition coefficient (Wildman–Crippen LogP) is 3.69. The number of ether oxygens (including phenoxy) is 4. The highest BCUT2D eigenvalue weighted by molar-refractivity contribution is 14.1. The zero-order valence-electron chi connectivity index (χ0n) is 16.8. The van der Waals surface area contributed by atoms with E-state index in [1.165, 1.54) is 0 Å². The van der Waals surface area contributed by atoms with Gasteiger partial charge < -0.3 is 29.4 Å². The van der Waals surface area contributed by atoms with Crippen LogP contribution in [0.2, 0.25) is 0 Å². The molecule has 0 amide bonds. The van der Waals surface area contributed by atoms with E-state index >= 15 is 0 Å². The Hall–Kier alpha value is -0.980. The van der Waals surface area contributed by atoms with Gasteiger partial charge in [-0.15, -0.1) is 0 Å². The number of hydrogen-bond acceptors (Lipinski definition) is 6. The van der Waals surface area contributed by atoms with Gasteiger partial charge in [-0.25, -0.2) is 0 Å². The molecule has 0 radical (unpaired) electrons. The van der Waals surface area contributed by atoms with E-state index in [1.54, 1.807) is 21.3 Å². The van der Waals surface area contributed by atoms with Crippen LogP contribution in [0.15, 0.2) is 36.4 Å². The molecule has 2 N–H and O–H groups in total. The fourth-order valence-electron chi connectivity index (χ4n) is 2.74. The molecule has 0 aliphatic carbocycles. The second-order valence-electron chi connectivity index (χ2n) is 6.41. The van der Waals surface area contributed by atoms with E-state index in [2.05, 4.69) is 50.5 Å². The first-order valence-electron chi connectivity index (χ1n) is 9.15. The van der Waals surface area contributed by atoms with E-state index < -0.39 is 6.10 Å². The number of alkyl halides is 1. The van der Waals surface area contributed by atoms with Crippen LogP contribution in [-0.4, -0.2) is 56.2 Å². The Morgan fingerprint density at radius 2 is 1.72 bits per heavy atom. The molecule has 0 saturated heterocycles. The number of rotatable bonds is 12. The fourth-order valence-corrected chi connectivity index (χ4v) is 3.86. The van der Waals surface area contributed by atoms with Crippen LogP contribution < -0.4 is 24.3 Å². The number of aliphatic hydroxyl groups excluding tert-OH is 1. The quantitative estimate of drug-likeness (QED) is 0.277. The van der Waals surface area contributed by atoms with Crippen LogP contribution in [0.4, 0.5) is 0 Å². The number of benzene rings is 2. The summed E-state index contributed by atoms with van der Waals surface area (Å²) in [6.07, 6.45) is 0.206. The van der Waals surface area contributed by atoms with Crippen molar-refractivity contribution in [3.05, 3.63) is 45.5 Å². The molecule has 0 fully saturated rings. The highest BCUT2D eigenvalue weighted by atomic mass is 127. The normalized spacial score (nSPS) is 12.9. The van der Waals surface area contributed by atoms with Gasteiger partial charge in [0, 0.05) is 23.1 Å². The van der Waals surface area contributed by atoms with Crippen LogP contribution in [0.25, 0.3) is 0 Å². The second kappa shape index (κ2) is 12.7. The van der Waals surface area contributed by atoms with Gasteiger partial charge in [0.2, 0.25) is 0 Å². The van der Waals surface area contributed by atoms with Crippen molar-refractivity contribution in [3.8, 4) is 23.0 Å². The molecule has 0 saturated carbocycles. The van der Waals surface area contributed by atoms with Crippen LogP contribution in [0.5, 0.6) is 23.0 Å². The summed E-state index contributed by atoms with van der Waals surface area (Å²) in [4.78, 5) is 0. The molecule has 160 valence electrons. The third-order valence-corrected chi connectivity index (χ3v) is 6.28.